The lowest BCUT2D eigenvalue weighted by Crippen LogP contribution is -2.41. The van der Waals surface area contributed by atoms with Crippen molar-refractivity contribution in [2.45, 2.75) is 78.6 Å². The summed E-state index contributed by atoms with van der Waals surface area (Å²) in [6, 6.07) is 3.37. The number of alkyl halides is 3. The Balaban J connectivity index is 1.76. The summed E-state index contributed by atoms with van der Waals surface area (Å²) in [5.74, 6) is -3.62. The van der Waals surface area contributed by atoms with Gasteiger partial charge in [0.25, 0.3) is 5.56 Å². The van der Waals surface area contributed by atoms with Gasteiger partial charge in [0.15, 0.2) is 0 Å². The van der Waals surface area contributed by atoms with Crippen molar-refractivity contribution in [2.24, 2.45) is 5.92 Å². The molecule has 8 nitrogen and oxygen atoms in total. The zero-order valence-electron chi connectivity index (χ0n) is 28.9. The first-order chi connectivity index (χ1) is 23.5. The number of aliphatic carboxylic acids is 1. The molecular formula is C37H44F5N3O5. The van der Waals surface area contributed by atoms with Gasteiger partial charge in [0, 0.05) is 44.1 Å². The fourth-order valence-corrected chi connectivity index (χ4v) is 6.63. The van der Waals surface area contributed by atoms with E-state index in [4.69, 9.17) is 4.74 Å². The number of carboxylic acids is 1. The molecule has 3 aromatic rings. The van der Waals surface area contributed by atoms with E-state index < -0.39 is 59.3 Å². The second-order valence-corrected chi connectivity index (χ2v) is 13.4. The molecule has 0 saturated carbocycles. The Labute approximate surface area is 288 Å². The normalized spacial score (nSPS) is 15.5. The monoisotopic (exact) mass is 705 g/mol. The number of pyridine rings is 1. The highest BCUT2D eigenvalue weighted by Gasteiger charge is 2.36. The first-order valence-electron chi connectivity index (χ1n) is 16.7. The van der Waals surface area contributed by atoms with Gasteiger partial charge in [-0.25, -0.2) is 8.78 Å². The number of carbonyl (C=O) groups excluding carboxylic acids is 1. The number of carboxylic acid groups (broad SMARTS) is 1. The molecule has 2 atom stereocenters. The minimum absolute atomic E-state index is 0.0231. The van der Waals surface area contributed by atoms with Crippen molar-refractivity contribution in [2.75, 3.05) is 32.8 Å². The maximum absolute atomic E-state index is 15.8. The number of aromatic nitrogens is 1. The third kappa shape index (κ3) is 9.57. The lowest BCUT2D eigenvalue weighted by Gasteiger charge is -2.27. The number of halogens is 5. The number of benzene rings is 2. The van der Waals surface area contributed by atoms with Crippen molar-refractivity contribution in [1.29, 1.82) is 0 Å². The molecule has 2 unspecified atom stereocenters. The fraction of sp³-hybridized carbons (Fsp3) is 0.486. The molecule has 272 valence electrons. The predicted octanol–water partition coefficient (Wildman–Crippen LogP) is 6.92. The Hall–Kier alpha value is -4.10. The van der Waals surface area contributed by atoms with Crippen LogP contribution in [-0.4, -0.2) is 59.3 Å². The van der Waals surface area contributed by atoms with Crippen LogP contribution >= 0.6 is 0 Å². The van der Waals surface area contributed by atoms with Crippen molar-refractivity contribution in [3.05, 3.63) is 91.9 Å². The minimum Gasteiger partial charge on any atom is -0.481 e. The summed E-state index contributed by atoms with van der Waals surface area (Å²) < 4.78 is 78.8. The number of nitrogens with one attached hydrogen (secondary N) is 1. The molecule has 4 rings (SSSR count). The highest BCUT2D eigenvalue weighted by atomic mass is 19.4. The Morgan fingerprint density at radius 1 is 0.980 bits per heavy atom. The summed E-state index contributed by atoms with van der Waals surface area (Å²) in [5, 5.41) is 12.4. The minimum atomic E-state index is -4.82. The van der Waals surface area contributed by atoms with Crippen molar-refractivity contribution in [1.82, 2.24) is 14.8 Å². The van der Waals surface area contributed by atoms with Crippen LogP contribution in [0.5, 0.6) is 0 Å². The van der Waals surface area contributed by atoms with E-state index >= 15 is 4.39 Å². The Bertz CT molecular complexity index is 1740. The largest absolute Gasteiger partial charge is 0.481 e. The van der Waals surface area contributed by atoms with E-state index in [2.05, 4.69) is 5.32 Å². The molecule has 1 aliphatic heterocycles. The molecule has 1 fully saturated rings. The number of hydrogen-bond acceptors (Lipinski definition) is 5. The lowest BCUT2D eigenvalue weighted by atomic mass is 9.90. The number of rotatable bonds is 12. The smallest absolute Gasteiger partial charge is 0.416 e. The lowest BCUT2D eigenvalue weighted by molar-refractivity contribution is -0.139. The zero-order valence-corrected chi connectivity index (χ0v) is 28.9. The van der Waals surface area contributed by atoms with Gasteiger partial charge in [0.05, 0.1) is 24.6 Å². The molecule has 2 N–H and O–H groups in total. The van der Waals surface area contributed by atoms with Crippen molar-refractivity contribution in [3.8, 4) is 11.1 Å². The van der Waals surface area contributed by atoms with Crippen LogP contribution in [0.1, 0.15) is 78.6 Å². The molecule has 2 heterocycles. The van der Waals surface area contributed by atoms with Gasteiger partial charge in [-0.2, -0.15) is 13.2 Å². The molecule has 1 aromatic heterocycles. The van der Waals surface area contributed by atoms with Crippen LogP contribution in [0.4, 0.5) is 22.0 Å². The van der Waals surface area contributed by atoms with Gasteiger partial charge < -0.3 is 24.6 Å². The standard InChI is InChI=1S/C37H44F5N3O5/c1-21(2)13-31(45-20-25(29(18-32(45)46)37(40,41)42)7-9-44-8-6-11-50-12-10-44)36(49)43-30(19-33(47)48)28-17-26(14-24(5)35(28)39)34-22(3)15-27(38)16-23(34)4/h14-18,20-21,30-31H,6-13,19H2,1-5H3,(H,43,49)(H,47,48). The Morgan fingerprint density at radius 2 is 1.66 bits per heavy atom. The van der Waals surface area contributed by atoms with E-state index in [1.54, 1.807) is 33.8 Å². The van der Waals surface area contributed by atoms with Crippen LogP contribution < -0.4 is 10.9 Å². The third-order valence-electron chi connectivity index (χ3n) is 8.95. The first-order valence-corrected chi connectivity index (χ1v) is 16.7. The van der Waals surface area contributed by atoms with E-state index in [9.17, 15) is 37.1 Å². The van der Waals surface area contributed by atoms with Crippen molar-refractivity contribution >= 4 is 11.9 Å². The SMILES string of the molecule is Cc1cc(-c2c(C)cc(F)cc2C)cc(C(CC(=O)O)NC(=O)C(CC(C)C)n2cc(CCN3CCCOCC3)c(C(F)(F)F)cc2=O)c1F. The molecule has 0 radical (unpaired) electrons. The molecule has 2 aromatic carbocycles. The third-order valence-corrected chi connectivity index (χ3v) is 8.95. The van der Waals surface area contributed by atoms with Gasteiger partial charge in [-0.15, -0.1) is 0 Å². The fourth-order valence-electron chi connectivity index (χ4n) is 6.63. The van der Waals surface area contributed by atoms with E-state index in [-0.39, 0.29) is 42.0 Å². The number of nitrogens with zero attached hydrogens (tertiary/aromatic N) is 2. The zero-order chi connectivity index (χ0) is 36.9. The summed E-state index contributed by atoms with van der Waals surface area (Å²) in [4.78, 5) is 41.4. The van der Waals surface area contributed by atoms with Gasteiger partial charge in [0.2, 0.25) is 5.91 Å². The van der Waals surface area contributed by atoms with E-state index in [1.807, 2.05) is 4.90 Å². The van der Waals surface area contributed by atoms with Gasteiger partial charge in [-0.3, -0.25) is 14.4 Å². The second-order valence-electron chi connectivity index (χ2n) is 13.4. The number of amides is 1. The summed E-state index contributed by atoms with van der Waals surface area (Å²) in [5.41, 5.74) is -0.0434. The molecular weight excluding hydrogens is 661 g/mol. The quantitative estimate of drug-likeness (QED) is 0.199. The topological polar surface area (TPSA) is 101 Å². The van der Waals surface area contributed by atoms with Crippen LogP contribution in [0.15, 0.2) is 41.3 Å². The van der Waals surface area contributed by atoms with E-state index in [0.717, 1.165) is 17.2 Å². The van der Waals surface area contributed by atoms with E-state index in [0.29, 0.717) is 54.6 Å². The second kappa shape index (κ2) is 16.3. The number of aryl methyl sites for hydroxylation is 3. The van der Waals surface area contributed by atoms with Crippen LogP contribution in [-0.2, 0) is 26.9 Å². The molecule has 1 saturated heterocycles. The molecule has 50 heavy (non-hydrogen) atoms. The summed E-state index contributed by atoms with van der Waals surface area (Å²) in [6.45, 7) is 10.9. The van der Waals surface area contributed by atoms with Gasteiger partial charge in [0.1, 0.15) is 17.7 Å². The highest BCUT2D eigenvalue weighted by Crippen LogP contribution is 2.35. The van der Waals surface area contributed by atoms with Crippen molar-refractivity contribution < 1.29 is 41.4 Å². The molecule has 0 bridgehead atoms. The summed E-state index contributed by atoms with van der Waals surface area (Å²) >= 11 is 0. The summed E-state index contributed by atoms with van der Waals surface area (Å²) in [6.07, 6.45) is -3.77. The van der Waals surface area contributed by atoms with Crippen LogP contribution in [0.2, 0.25) is 0 Å². The Kier molecular flexibility index (Phi) is 12.6. The predicted molar refractivity (Wildman–Crippen MR) is 179 cm³/mol. The Morgan fingerprint density at radius 3 is 2.28 bits per heavy atom. The van der Waals surface area contributed by atoms with Gasteiger partial charge in [-0.05, 0) is 104 Å². The number of ether oxygens (including phenoxy) is 1. The average Bonchev–Trinajstić information content (AvgIpc) is 3.28. The van der Waals surface area contributed by atoms with Crippen LogP contribution in [0, 0.1) is 38.3 Å². The molecule has 1 amide bonds. The highest BCUT2D eigenvalue weighted by molar-refractivity contribution is 5.82. The van der Waals surface area contributed by atoms with Gasteiger partial charge >= 0.3 is 12.1 Å². The molecule has 0 aliphatic carbocycles. The average molecular weight is 706 g/mol. The van der Waals surface area contributed by atoms with Crippen molar-refractivity contribution in [3.63, 3.8) is 0 Å². The number of carbonyl (C=O) groups is 2. The maximum Gasteiger partial charge on any atom is 0.416 e. The molecule has 1 aliphatic rings. The number of hydrogen-bond donors (Lipinski definition) is 2. The van der Waals surface area contributed by atoms with Gasteiger partial charge in [-0.1, -0.05) is 13.8 Å². The van der Waals surface area contributed by atoms with E-state index in [1.165, 1.54) is 25.1 Å². The van der Waals surface area contributed by atoms with Crippen LogP contribution in [0.3, 0.4) is 0 Å². The molecule has 13 heteroatoms. The maximum atomic E-state index is 15.8. The summed E-state index contributed by atoms with van der Waals surface area (Å²) in [7, 11) is 0. The first kappa shape index (κ1) is 38.7. The molecule has 0 spiro atoms. The van der Waals surface area contributed by atoms with Crippen LogP contribution in [0.25, 0.3) is 11.1 Å².